The number of benzene rings is 2. The smallest absolute Gasteiger partial charge is 0.229 e. The normalized spacial score (nSPS) is 17.4. The predicted octanol–water partition coefficient (Wildman–Crippen LogP) is 4.67. The van der Waals surface area contributed by atoms with E-state index in [2.05, 4.69) is 10.3 Å². The molecule has 0 aliphatic carbocycles. The SMILES string of the molecule is Cc1nc(-c2cccc(NC(=O)[C@@H]3CC(=O)N([C@@H](C)c4ccccc4)C3)c2)cs1. The van der Waals surface area contributed by atoms with Crippen molar-refractivity contribution in [3.05, 3.63) is 70.5 Å². The van der Waals surface area contributed by atoms with Crippen molar-refractivity contribution in [2.75, 3.05) is 11.9 Å². The third kappa shape index (κ3) is 4.22. The van der Waals surface area contributed by atoms with Gasteiger partial charge in [0.2, 0.25) is 11.8 Å². The van der Waals surface area contributed by atoms with Crippen LogP contribution in [0.3, 0.4) is 0 Å². The van der Waals surface area contributed by atoms with Crippen molar-refractivity contribution in [1.29, 1.82) is 0 Å². The number of nitrogens with zero attached hydrogens (tertiary/aromatic N) is 2. The van der Waals surface area contributed by atoms with E-state index >= 15 is 0 Å². The lowest BCUT2D eigenvalue weighted by molar-refractivity contribution is -0.129. The van der Waals surface area contributed by atoms with Crippen LogP contribution in [0.25, 0.3) is 11.3 Å². The zero-order valence-corrected chi connectivity index (χ0v) is 17.3. The number of rotatable bonds is 5. The Morgan fingerprint density at radius 1 is 1.21 bits per heavy atom. The van der Waals surface area contributed by atoms with E-state index in [0.29, 0.717) is 6.54 Å². The molecule has 1 aliphatic rings. The Bertz CT molecular complexity index is 1030. The molecule has 148 valence electrons. The number of aromatic nitrogens is 1. The van der Waals surface area contributed by atoms with Crippen LogP contribution in [0.4, 0.5) is 5.69 Å². The number of carbonyl (C=O) groups excluding carboxylic acids is 2. The molecule has 1 saturated heterocycles. The van der Waals surface area contributed by atoms with Gasteiger partial charge in [0.1, 0.15) is 0 Å². The Morgan fingerprint density at radius 3 is 2.72 bits per heavy atom. The van der Waals surface area contributed by atoms with Gasteiger partial charge in [-0.2, -0.15) is 0 Å². The highest BCUT2D eigenvalue weighted by atomic mass is 32.1. The lowest BCUT2D eigenvalue weighted by Crippen LogP contribution is -2.30. The fourth-order valence-electron chi connectivity index (χ4n) is 3.69. The van der Waals surface area contributed by atoms with Crippen LogP contribution in [-0.4, -0.2) is 28.2 Å². The topological polar surface area (TPSA) is 62.3 Å². The van der Waals surface area contributed by atoms with E-state index in [0.717, 1.165) is 27.5 Å². The summed E-state index contributed by atoms with van der Waals surface area (Å²) in [6, 6.07) is 17.5. The maximum atomic E-state index is 12.8. The van der Waals surface area contributed by atoms with Gasteiger partial charge < -0.3 is 10.2 Å². The molecule has 0 unspecified atom stereocenters. The highest BCUT2D eigenvalue weighted by Gasteiger charge is 2.37. The van der Waals surface area contributed by atoms with E-state index in [1.165, 1.54) is 0 Å². The van der Waals surface area contributed by atoms with Gasteiger partial charge in [0.25, 0.3) is 0 Å². The average Bonchev–Trinajstić information content (AvgIpc) is 3.34. The van der Waals surface area contributed by atoms with Crippen LogP contribution in [0, 0.1) is 12.8 Å². The first kappa shape index (κ1) is 19.3. The minimum atomic E-state index is -0.348. The van der Waals surface area contributed by atoms with Crippen LogP contribution in [0.1, 0.15) is 30.0 Å². The van der Waals surface area contributed by atoms with Crippen LogP contribution >= 0.6 is 11.3 Å². The maximum Gasteiger partial charge on any atom is 0.229 e. The van der Waals surface area contributed by atoms with Gasteiger partial charge in [-0.1, -0.05) is 42.5 Å². The van der Waals surface area contributed by atoms with Crippen molar-refractivity contribution in [3.63, 3.8) is 0 Å². The molecule has 1 aliphatic heterocycles. The monoisotopic (exact) mass is 405 g/mol. The Kier molecular flexibility index (Phi) is 5.45. The van der Waals surface area contributed by atoms with E-state index in [1.54, 1.807) is 16.2 Å². The second-order valence-corrected chi connectivity index (χ2v) is 8.42. The summed E-state index contributed by atoms with van der Waals surface area (Å²) in [6.45, 7) is 4.41. The molecule has 29 heavy (non-hydrogen) atoms. The third-order valence-electron chi connectivity index (χ3n) is 5.32. The fourth-order valence-corrected chi connectivity index (χ4v) is 4.31. The predicted molar refractivity (Wildman–Crippen MR) is 116 cm³/mol. The van der Waals surface area contributed by atoms with Crippen LogP contribution in [0.2, 0.25) is 0 Å². The van der Waals surface area contributed by atoms with Gasteiger partial charge in [0, 0.05) is 29.6 Å². The number of anilines is 1. The van der Waals surface area contributed by atoms with Gasteiger partial charge in [-0.15, -0.1) is 11.3 Å². The number of hydrogen-bond donors (Lipinski definition) is 1. The zero-order chi connectivity index (χ0) is 20.4. The number of amides is 2. The van der Waals surface area contributed by atoms with Crippen LogP contribution in [0.15, 0.2) is 60.0 Å². The lowest BCUT2D eigenvalue weighted by atomic mass is 10.1. The Labute approximate surface area is 174 Å². The maximum absolute atomic E-state index is 12.8. The van der Waals surface area contributed by atoms with Crippen molar-refractivity contribution in [1.82, 2.24) is 9.88 Å². The highest BCUT2D eigenvalue weighted by Crippen LogP contribution is 2.30. The summed E-state index contributed by atoms with van der Waals surface area (Å²) in [5.41, 5.74) is 3.67. The fraction of sp³-hybridized carbons (Fsp3) is 0.261. The molecule has 2 heterocycles. The van der Waals surface area contributed by atoms with Crippen molar-refractivity contribution in [2.45, 2.75) is 26.3 Å². The van der Waals surface area contributed by atoms with E-state index in [9.17, 15) is 9.59 Å². The van der Waals surface area contributed by atoms with E-state index in [1.807, 2.05) is 73.8 Å². The second kappa shape index (κ2) is 8.17. The van der Waals surface area contributed by atoms with Crippen LogP contribution in [0.5, 0.6) is 0 Å². The molecule has 4 rings (SSSR count). The molecule has 6 heteroatoms. The lowest BCUT2D eigenvalue weighted by Gasteiger charge is -2.25. The molecule has 0 saturated carbocycles. The number of likely N-dealkylation sites (tertiary alicyclic amines) is 1. The molecule has 1 fully saturated rings. The first-order valence-corrected chi connectivity index (χ1v) is 10.6. The molecular formula is C23H23N3O2S. The zero-order valence-electron chi connectivity index (χ0n) is 16.5. The second-order valence-electron chi connectivity index (χ2n) is 7.36. The summed E-state index contributed by atoms with van der Waals surface area (Å²) in [7, 11) is 0. The Hall–Kier alpha value is -2.99. The van der Waals surface area contributed by atoms with Crippen LogP contribution in [-0.2, 0) is 9.59 Å². The molecule has 0 spiro atoms. The van der Waals surface area contributed by atoms with Crippen molar-refractivity contribution in [2.24, 2.45) is 5.92 Å². The summed E-state index contributed by atoms with van der Waals surface area (Å²) in [6.07, 6.45) is 0.244. The first-order valence-electron chi connectivity index (χ1n) is 9.69. The summed E-state index contributed by atoms with van der Waals surface area (Å²) >= 11 is 1.60. The van der Waals surface area contributed by atoms with Crippen molar-refractivity contribution in [3.8, 4) is 11.3 Å². The van der Waals surface area contributed by atoms with Gasteiger partial charge in [0.05, 0.1) is 22.7 Å². The van der Waals surface area contributed by atoms with Gasteiger partial charge in [-0.05, 0) is 31.5 Å². The third-order valence-corrected chi connectivity index (χ3v) is 6.10. The number of hydrogen-bond acceptors (Lipinski definition) is 4. The number of carbonyl (C=O) groups is 2. The molecule has 1 aromatic heterocycles. The quantitative estimate of drug-likeness (QED) is 0.671. The molecule has 0 radical (unpaired) electrons. The number of aryl methyl sites for hydroxylation is 1. The summed E-state index contributed by atoms with van der Waals surface area (Å²) < 4.78 is 0. The molecule has 2 aromatic carbocycles. The molecular weight excluding hydrogens is 382 g/mol. The Morgan fingerprint density at radius 2 is 2.00 bits per heavy atom. The van der Waals surface area contributed by atoms with E-state index < -0.39 is 0 Å². The van der Waals surface area contributed by atoms with Gasteiger partial charge in [-0.3, -0.25) is 9.59 Å². The van der Waals surface area contributed by atoms with Gasteiger partial charge in [-0.25, -0.2) is 4.98 Å². The molecule has 3 aromatic rings. The molecule has 1 N–H and O–H groups in total. The van der Waals surface area contributed by atoms with Crippen molar-refractivity contribution >= 4 is 28.8 Å². The van der Waals surface area contributed by atoms with Gasteiger partial charge in [0.15, 0.2) is 0 Å². The van der Waals surface area contributed by atoms with Crippen molar-refractivity contribution < 1.29 is 9.59 Å². The summed E-state index contributed by atoms with van der Waals surface area (Å²) in [5.74, 6) is -0.445. The number of thiazole rings is 1. The van der Waals surface area contributed by atoms with E-state index in [4.69, 9.17) is 0 Å². The summed E-state index contributed by atoms with van der Waals surface area (Å²) in [5, 5.41) is 5.99. The van der Waals surface area contributed by atoms with E-state index in [-0.39, 0.29) is 30.2 Å². The highest BCUT2D eigenvalue weighted by molar-refractivity contribution is 7.09. The first-order chi connectivity index (χ1) is 14.0. The molecule has 2 atom stereocenters. The number of nitrogens with one attached hydrogen (secondary N) is 1. The molecule has 0 bridgehead atoms. The summed E-state index contributed by atoms with van der Waals surface area (Å²) in [4.78, 5) is 31.7. The Balaban J connectivity index is 1.44. The van der Waals surface area contributed by atoms with Crippen LogP contribution < -0.4 is 5.32 Å². The minimum absolute atomic E-state index is 0.0215. The standard InChI is InChI=1S/C23H23N3O2S/c1-15(17-7-4-3-5-8-17)26-13-19(12-22(26)27)23(28)25-20-10-6-9-18(11-20)21-14-29-16(2)24-21/h3-11,14-15,19H,12-13H2,1-2H3,(H,25,28)/t15-,19+/m0/s1. The van der Waals surface area contributed by atoms with Gasteiger partial charge >= 0.3 is 0 Å². The minimum Gasteiger partial charge on any atom is -0.335 e. The molecule has 2 amide bonds. The largest absolute Gasteiger partial charge is 0.335 e. The molecule has 5 nitrogen and oxygen atoms in total. The average molecular weight is 406 g/mol.